The Morgan fingerprint density at radius 2 is 1.33 bits per heavy atom. The largest absolute Gasteiger partial charge is 0.388 e. The van der Waals surface area contributed by atoms with Crippen LogP contribution in [-0.4, -0.2) is 5.11 Å². The summed E-state index contributed by atoms with van der Waals surface area (Å²) in [4.78, 5) is 0. The third-order valence-electron chi connectivity index (χ3n) is 2.40. The molecule has 0 saturated heterocycles. The predicted molar refractivity (Wildman–Crippen MR) is 62.2 cm³/mol. The molecule has 0 aliphatic rings. The summed E-state index contributed by atoms with van der Waals surface area (Å²) in [6.07, 6.45) is -0.644. The van der Waals surface area contributed by atoms with E-state index in [2.05, 4.69) is 19.1 Å². The molecule has 0 heterocycles. The molecule has 15 heavy (non-hydrogen) atoms. The van der Waals surface area contributed by atoms with Crippen LogP contribution in [0, 0.1) is 6.92 Å². The van der Waals surface area contributed by atoms with Crippen LogP contribution in [0.4, 0.5) is 0 Å². The Balaban J connectivity index is 2.32. The molecule has 1 atom stereocenters. The first-order valence-corrected chi connectivity index (χ1v) is 4.94. The molecule has 0 amide bonds. The molecular weight excluding hydrogens is 184 g/mol. The van der Waals surface area contributed by atoms with E-state index in [-0.39, 0.29) is 0 Å². The van der Waals surface area contributed by atoms with E-state index in [1.807, 2.05) is 42.5 Å². The molecule has 0 saturated carbocycles. The highest BCUT2D eigenvalue weighted by atomic mass is 16.3. The Labute approximate surface area is 90.0 Å². The molecule has 1 heteroatoms. The van der Waals surface area contributed by atoms with Gasteiger partial charge in [-0.3, -0.25) is 0 Å². The lowest BCUT2D eigenvalue weighted by Crippen LogP contribution is -1.90. The van der Waals surface area contributed by atoms with E-state index in [1.165, 1.54) is 5.56 Å². The molecule has 0 fully saturated rings. The lowest BCUT2D eigenvalue weighted by atomic mass is 10.0. The molecule has 1 nitrogen and oxygen atoms in total. The molecule has 0 spiro atoms. The highest BCUT2D eigenvalue weighted by Crippen LogP contribution is 2.21. The third kappa shape index (κ3) is 2.25. The average Bonchev–Trinajstić information content (AvgIpc) is 2.30. The normalized spacial score (nSPS) is 12.4. The van der Waals surface area contributed by atoms with E-state index in [0.717, 1.165) is 11.1 Å². The summed E-state index contributed by atoms with van der Waals surface area (Å²) in [6, 6.07) is 18.0. The Morgan fingerprint density at radius 3 is 1.87 bits per heavy atom. The molecule has 0 aromatic heterocycles. The molecular formula is C14H13O. The van der Waals surface area contributed by atoms with Crippen molar-refractivity contribution in [2.45, 2.75) is 6.10 Å². The van der Waals surface area contributed by atoms with Gasteiger partial charge < -0.3 is 5.11 Å². The standard InChI is InChI=1S/C14H13O/c1-11(15)12-7-9-14(10-8-12)13-5-3-2-4-6-13/h2-11,15H,1H2. The molecule has 1 radical (unpaired) electrons. The third-order valence-corrected chi connectivity index (χ3v) is 2.40. The fourth-order valence-corrected chi connectivity index (χ4v) is 1.53. The van der Waals surface area contributed by atoms with Crippen molar-refractivity contribution in [1.29, 1.82) is 0 Å². The summed E-state index contributed by atoms with van der Waals surface area (Å²) in [6.45, 7) is 3.57. The van der Waals surface area contributed by atoms with Crippen molar-refractivity contribution in [2.75, 3.05) is 0 Å². The van der Waals surface area contributed by atoms with Gasteiger partial charge in [0.25, 0.3) is 0 Å². The summed E-state index contributed by atoms with van der Waals surface area (Å²) < 4.78 is 0. The lowest BCUT2D eigenvalue weighted by molar-refractivity contribution is 0.226. The van der Waals surface area contributed by atoms with Gasteiger partial charge in [-0.1, -0.05) is 54.6 Å². The molecule has 2 aromatic carbocycles. The first-order chi connectivity index (χ1) is 7.27. The Bertz CT molecular complexity index is 415. The van der Waals surface area contributed by atoms with Crippen molar-refractivity contribution < 1.29 is 5.11 Å². The van der Waals surface area contributed by atoms with E-state index in [9.17, 15) is 5.11 Å². The predicted octanol–water partition coefficient (Wildman–Crippen LogP) is 3.22. The second kappa shape index (κ2) is 4.28. The summed E-state index contributed by atoms with van der Waals surface area (Å²) >= 11 is 0. The number of rotatable bonds is 2. The maximum atomic E-state index is 9.27. The summed E-state index contributed by atoms with van der Waals surface area (Å²) in [5.41, 5.74) is 3.18. The first-order valence-electron chi connectivity index (χ1n) is 4.94. The van der Waals surface area contributed by atoms with Gasteiger partial charge in [0, 0.05) is 0 Å². The van der Waals surface area contributed by atoms with Crippen molar-refractivity contribution in [1.82, 2.24) is 0 Å². The van der Waals surface area contributed by atoms with Gasteiger partial charge in [-0.05, 0) is 23.6 Å². The minimum Gasteiger partial charge on any atom is -0.388 e. The molecule has 2 rings (SSSR count). The molecule has 0 aliphatic heterocycles. The van der Waals surface area contributed by atoms with Gasteiger partial charge in [-0.2, -0.15) is 0 Å². The number of aliphatic hydroxyl groups excluding tert-OH is 1. The summed E-state index contributed by atoms with van der Waals surface area (Å²) in [7, 11) is 0. The van der Waals surface area contributed by atoms with Crippen molar-refractivity contribution >= 4 is 0 Å². The minimum absolute atomic E-state index is 0.644. The molecule has 0 aliphatic carbocycles. The monoisotopic (exact) mass is 197 g/mol. The molecule has 2 aromatic rings. The van der Waals surface area contributed by atoms with Crippen LogP contribution in [0.25, 0.3) is 11.1 Å². The zero-order valence-corrected chi connectivity index (χ0v) is 8.43. The maximum Gasteiger partial charge on any atom is 0.0791 e. The minimum atomic E-state index is -0.644. The maximum absolute atomic E-state index is 9.27. The average molecular weight is 197 g/mol. The van der Waals surface area contributed by atoms with Crippen LogP contribution in [0.2, 0.25) is 0 Å². The van der Waals surface area contributed by atoms with Crippen LogP contribution >= 0.6 is 0 Å². The number of aliphatic hydroxyl groups is 1. The SMILES string of the molecule is [CH2]C(O)c1ccc(-c2ccccc2)cc1. The quantitative estimate of drug-likeness (QED) is 0.783. The number of hydrogen-bond donors (Lipinski definition) is 1. The lowest BCUT2D eigenvalue weighted by Gasteiger charge is -2.06. The van der Waals surface area contributed by atoms with E-state index >= 15 is 0 Å². The highest BCUT2D eigenvalue weighted by Gasteiger charge is 2.01. The second-order valence-corrected chi connectivity index (χ2v) is 3.50. The van der Waals surface area contributed by atoms with Crippen molar-refractivity contribution in [3.63, 3.8) is 0 Å². The Hall–Kier alpha value is -1.60. The van der Waals surface area contributed by atoms with E-state index < -0.39 is 6.10 Å². The summed E-state index contributed by atoms with van der Waals surface area (Å²) in [5, 5.41) is 9.27. The van der Waals surface area contributed by atoms with Gasteiger partial charge in [0.2, 0.25) is 0 Å². The molecule has 1 N–H and O–H groups in total. The van der Waals surface area contributed by atoms with E-state index in [0.29, 0.717) is 0 Å². The van der Waals surface area contributed by atoms with Crippen LogP contribution in [0.3, 0.4) is 0 Å². The van der Waals surface area contributed by atoms with E-state index in [4.69, 9.17) is 0 Å². The zero-order valence-electron chi connectivity index (χ0n) is 8.43. The van der Waals surface area contributed by atoms with Crippen molar-refractivity contribution in [3.8, 4) is 11.1 Å². The van der Waals surface area contributed by atoms with Crippen LogP contribution in [0.1, 0.15) is 11.7 Å². The number of benzene rings is 2. The van der Waals surface area contributed by atoms with Gasteiger partial charge in [-0.15, -0.1) is 0 Å². The van der Waals surface area contributed by atoms with Crippen LogP contribution < -0.4 is 0 Å². The van der Waals surface area contributed by atoms with Crippen LogP contribution in [-0.2, 0) is 0 Å². The second-order valence-electron chi connectivity index (χ2n) is 3.50. The van der Waals surface area contributed by atoms with Gasteiger partial charge in [-0.25, -0.2) is 0 Å². The molecule has 1 unspecified atom stereocenters. The summed E-state index contributed by atoms with van der Waals surface area (Å²) in [5.74, 6) is 0. The Morgan fingerprint density at radius 1 is 0.800 bits per heavy atom. The van der Waals surface area contributed by atoms with Gasteiger partial charge in [0.05, 0.1) is 6.10 Å². The fraction of sp³-hybridized carbons (Fsp3) is 0.0714. The Kier molecular flexibility index (Phi) is 2.84. The molecule has 75 valence electrons. The van der Waals surface area contributed by atoms with Crippen molar-refractivity contribution in [2.24, 2.45) is 0 Å². The first kappa shape index (κ1) is 9.94. The zero-order chi connectivity index (χ0) is 10.7. The van der Waals surface area contributed by atoms with Gasteiger partial charge >= 0.3 is 0 Å². The van der Waals surface area contributed by atoms with Crippen LogP contribution in [0.5, 0.6) is 0 Å². The molecule has 0 bridgehead atoms. The van der Waals surface area contributed by atoms with E-state index in [1.54, 1.807) is 0 Å². The fourth-order valence-electron chi connectivity index (χ4n) is 1.53. The van der Waals surface area contributed by atoms with Crippen molar-refractivity contribution in [3.05, 3.63) is 67.1 Å². The highest BCUT2D eigenvalue weighted by molar-refractivity contribution is 5.63. The van der Waals surface area contributed by atoms with Crippen LogP contribution in [0.15, 0.2) is 54.6 Å². The van der Waals surface area contributed by atoms with Gasteiger partial charge in [0.15, 0.2) is 0 Å². The van der Waals surface area contributed by atoms with Gasteiger partial charge in [0.1, 0.15) is 0 Å². The number of hydrogen-bond acceptors (Lipinski definition) is 1. The topological polar surface area (TPSA) is 20.2 Å². The smallest absolute Gasteiger partial charge is 0.0791 e.